The van der Waals surface area contributed by atoms with E-state index in [1.54, 1.807) is 0 Å². The van der Waals surface area contributed by atoms with E-state index in [4.69, 9.17) is 21.1 Å². The van der Waals surface area contributed by atoms with Crippen molar-refractivity contribution in [1.29, 1.82) is 0 Å². The highest BCUT2D eigenvalue weighted by molar-refractivity contribution is 6.28. The molecule has 0 spiro atoms. The van der Waals surface area contributed by atoms with Gasteiger partial charge >= 0.3 is 12.1 Å². The number of benzene rings is 2. The van der Waals surface area contributed by atoms with Gasteiger partial charge in [0, 0.05) is 5.92 Å². The smallest absolute Gasteiger partial charge is 0.412 e. The molecule has 2 aromatic carbocycles. The summed E-state index contributed by atoms with van der Waals surface area (Å²) in [6.45, 7) is 0.0901. The van der Waals surface area contributed by atoms with Crippen molar-refractivity contribution in [2.75, 3.05) is 19.0 Å². The summed E-state index contributed by atoms with van der Waals surface area (Å²) in [6, 6.07) is 15.9. The summed E-state index contributed by atoms with van der Waals surface area (Å²) < 4.78 is 10.5. The third-order valence-electron chi connectivity index (χ3n) is 4.81. The Bertz CT molecular complexity index is 1110. The van der Waals surface area contributed by atoms with Gasteiger partial charge in [-0.1, -0.05) is 48.5 Å². The van der Waals surface area contributed by atoms with E-state index in [9.17, 15) is 14.7 Å². The zero-order valence-electron chi connectivity index (χ0n) is 15.8. The molecule has 9 heteroatoms. The summed E-state index contributed by atoms with van der Waals surface area (Å²) >= 11 is 5.77. The number of hydrogen-bond donors (Lipinski definition) is 2. The van der Waals surface area contributed by atoms with Crippen molar-refractivity contribution in [1.82, 2.24) is 9.97 Å². The Labute approximate surface area is 176 Å². The molecule has 0 aliphatic heterocycles. The molecule has 0 atom stereocenters. The summed E-state index contributed by atoms with van der Waals surface area (Å²) in [5, 5.41) is 11.3. The van der Waals surface area contributed by atoms with Crippen LogP contribution in [0.25, 0.3) is 11.1 Å². The number of rotatable bonds is 5. The molecule has 4 rings (SSSR count). The van der Waals surface area contributed by atoms with Gasteiger partial charge < -0.3 is 14.6 Å². The largest absolute Gasteiger partial charge is 0.491 e. The Balaban J connectivity index is 1.54. The van der Waals surface area contributed by atoms with Crippen LogP contribution in [0.2, 0.25) is 5.28 Å². The molecule has 1 amide bonds. The van der Waals surface area contributed by atoms with Gasteiger partial charge in [0.25, 0.3) is 0 Å². The first kappa shape index (κ1) is 19.7. The fourth-order valence-electron chi connectivity index (χ4n) is 3.58. The number of methoxy groups -OCH3 is 1. The van der Waals surface area contributed by atoms with Crippen molar-refractivity contribution in [3.8, 4) is 16.9 Å². The molecule has 0 saturated carbocycles. The zero-order chi connectivity index (χ0) is 21.3. The molecule has 152 valence electrons. The normalized spacial score (nSPS) is 12.1. The number of aromatic carboxylic acids is 1. The predicted octanol–water partition coefficient (Wildman–Crippen LogP) is 4.20. The minimum atomic E-state index is -1.37. The van der Waals surface area contributed by atoms with Crippen molar-refractivity contribution in [3.05, 3.63) is 70.6 Å². The average Bonchev–Trinajstić information content (AvgIpc) is 3.05. The van der Waals surface area contributed by atoms with Gasteiger partial charge in [-0.3, -0.25) is 5.32 Å². The van der Waals surface area contributed by atoms with Gasteiger partial charge in [0.05, 0.1) is 7.11 Å². The number of fused-ring (bicyclic) bond motifs is 3. The molecule has 0 unspecified atom stereocenters. The highest BCUT2D eigenvalue weighted by Crippen LogP contribution is 2.44. The van der Waals surface area contributed by atoms with E-state index in [1.807, 2.05) is 48.5 Å². The molecule has 0 radical (unpaired) electrons. The van der Waals surface area contributed by atoms with Crippen molar-refractivity contribution < 1.29 is 24.2 Å². The fraction of sp³-hybridized carbons (Fsp3) is 0.143. The maximum absolute atomic E-state index is 12.4. The molecule has 0 saturated heterocycles. The van der Waals surface area contributed by atoms with Crippen molar-refractivity contribution in [2.45, 2.75) is 5.92 Å². The van der Waals surface area contributed by atoms with Crippen LogP contribution in [-0.4, -0.2) is 40.9 Å². The van der Waals surface area contributed by atoms with Crippen molar-refractivity contribution in [3.63, 3.8) is 0 Å². The lowest BCUT2D eigenvalue weighted by Gasteiger charge is -2.15. The number of amides is 1. The molecule has 1 aliphatic rings. The van der Waals surface area contributed by atoms with Crippen LogP contribution in [0.3, 0.4) is 0 Å². The Morgan fingerprint density at radius 2 is 1.67 bits per heavy atom. The number of hydrogen-bond acceptors (Lipinski definition) is 6. The minimum Gasteiger partial charge on any atom is -0.491 e. The van der Waals surface area contributed by atoms with Crippen LogP contribution in [0.5, 0.6) is 5.75 Å². The maximum Gasteiger partial charge on any atom is 0.412 e. The Kier molecular flexibility index (Phi) is 5.24. The first-order chi connectivity index (χ1) is 14.5. The standard InChI is InChI=1S/C21H16ClN3O5/c1-29-17-16(19(26)27)23-20(22)24-18(17)25-21(28)30-10-15-13-8-4-2-6-11(13)12-7-3-5-9-14(12)15/h2-9,15H,10H2,1H3,(H,26,27)(H,23,24,25,28). The van der Waals surface area contributed by atoms with Gasteiger partial charge in [-0.15, -0.1) is 0 Å². The van der Waals surface area contributed by atoms with Gasteiger partial charge in [-0.05, 0) is 33.9 Å². The molecular formula is C21H16ClN3O5. The first-order valence-electron chi connectivity index (χ1n) is 8.96. The lowest BCUT2D eigenvalue weighted by Crippen LogP contribution is -2.20. The third kappa shape index (κ3) is 3.53. The van der Waals surface area contributed by atoms with Crippen LogP contribution < -0.4 is 10.1 Å². The number of aromatic nitrogens is 2. The predicted molar refractivity (Wildman–Crippen MR) is 109 cm³/mol. The number of carbonyl (C=O) groups excluding carboxylic acids is 1. The second-order valence-electron chi connectivity index (χ2n) is 6.48. The van der Waals surface area contributed by atoms with Gasteiger partial charge in [0.2, 0.25) is 5.28 Å². The van der Waals surface area contributed by atoms with E-state index in [0.717, 1.165) is 22.3 Å². The van der Waals surface area contributed by atoms with E-state index in [-0.39, 0.29) is 29.4 Å². The molecular weight excluding hydrogens is 410 g/mol. The van der Waals surface area contributed by atoms with Crippen LogP contribution in [0.4, 0.5) is 10.6 Å². The second kappa shape index (κ2) is 8.00. The molecule has 0 bridgehead atoms. The lowest BCUT2D eigenvalue weighted by atomic mass is 9.98. The van der Waals surface area contributed by atoms with E-state index in [1.165, 1.54) is 7.11 Å². The highest BCUT2D eigenvalue weighted by atomic mass is 35.5. The number of carboxylic acids is 1. The summed E-state index contributed by atoms with van der Waals surface area (Å²) in [5.41, 5.74) is 3.89. The van der Waals surface area contributed by atoms with E-state index in [0.29, 0.717) is 0 Å². The van der Waals surface area contributed by atoms with Crippen LogP contribution in [0.15, 0.2) is 48.5 Å². The highest BCUT2D eigenvalue weighted by Gasteiger charge is 2.29. The van der Waals surface area contributed by atoms with Crippen LogP contribution in [0, 0.1) is 0 Å². The summed E-state index contributed by atoms with van der Waals surface area (Å²) in [7, 11) is 1.24. The van der Waals surface area contributed by atoms with Gasteiger partial charge in [0.1, 0.15) is 6.61 Å². The third-order valence-corrected chi connectivity index (χ3v) is 4.98. The Morgan fingerprint density at radius 3 is 2.23 bits per heavy atom. The van der Waals surface area contributed by atoms with Gasteiger partial charge in [0.15, 0.2) is 17.3 Å². The summed E-state index contributed by atoms with van der Waals surface area (Å²) in [6.07, 6.45) is -0.818. The zero-order valence-corrected chi connectivity index (χ0v) is 16.5. The van der Waals surface area contributed by atoms with E-state index >= 15 is 0 Å². The van der Waals surface area contributed by atoms with Gasteiger partial charge in [-0.2, -0.15) is 4.98 Å². The number of anilines is 1. The number of ether oxygens (including phenoxy) is 2. The van der Waals surface area contributed by atoms with Crippen molar-refractivity contribution >= 4 is 29.5 Å². The lowest BCUT2D eigenvalue weighted by molar-refractivity contribution is 0.0686. The van der Waals surface area contributed by atoms with E-state index in [2.05, 4.69) is 15.3 Å². The first-order valence-corrected chi connectivity index (χ1v) is 9.34. The van der Waals surface area contributed by atoms with Gasteiger partial charge in [-0.25, -0.2) is 14.6 Å². The average molecular weight is 426 g/mol. The summed E-state index contributed by atoms with van der Waals surface area (Å²) in [5.74, 6) is -1.90. The van der Waals surface area contributed by atoms with Crippen molar-refractivity contribution in [2.24, 2.45) is 0 Å². The molecule has 1 heterocycles. The Hall–Kier alpha value is -3.65. The fourth-order valence-corrected chi connectivity index (χ4v) is 3.75. The number of halogens is 1. The molecule has 30 heavy (non-hydrogen) atoms. The van der Waals surface area contributed by atoms with Crippen LogP contribution in [0.1, 0.15) is 27.5 Å². The van der Waals surface area contributed by atoms with Crippen LogP contribution in [-0.2, 0) is 4.74 Å². The number of carboxylic acid groups (broad SMARTS) is 1. The topological polar surface area (TPSA) is 111 Å². The molecule has 3 aromatic rings. The monoisotopic (exact) mass is 425 g/mol. The maximum atomic E-state index is 12.4. The molecule has 2 N–H and O–H groups in total. The minimum absolute atomic E-state index is 0.0901. The molecule has 8 nitrogen and oxygen atoms in total. The van der Waals surface area contributed by atoms with Crippen LogP contribution >= 0.6 is 11.6 Å². The second-order valence-corrected chi connectivity index (χ2v) is 6.82. The molecule has 1 aromatic heterocycles. The summed E-state index contributed by atoms with van der Waals surface area (Å²) in [4.78, 5) is 31.2. The number of nitrogens with zero attached hydrogens (tertiary/aromatic N) is 2. The Morgan fingerprint density at radius 1 is 1.07 bits per heavy atom. The quantitative estimate of drug-likeness (QED) is 0.589. The molecule has 0 fully saturated rings. The van der Waals surface area contributed by atoms with E-state index < -0.39 is 17.8 Å². The molecule has 1 aliphatic carbocycles. The number of carbonyl (C=O) groups is 2. The SMILES string of the molecule is COc1c(NC(=O)OCC2c3ccccc3-c3ccccc32)nc(Cl)nc1C(=O)O. The number of nitrogens with one attached hydrogen (secondary N) is 1.